The van der Waals surface area contributed by atoms with Crippen LogP contribution >= 0.6 is 0 Å². The van der Waals surface area contributed by atoms with Crippen LogP contribution in [0.15, 0.2) is 18.2 Å². The first-order chi connectivity index (χ1) is 9.58. The van der Waals surface area contributed by atoms with Crippen LogP contribution in [0.25, 0.3) is 10.9 Å². The number of aryl methyl sites for hydroxylation is 2. The van der Waals surface area contributed by atoms with Gasteiger partial charge in [0.05, 0.1) is 0 Å². The number of fused-ring (bicyclic) bond motifs is 1. The Hall–Kier alpha value is -1.81. The molecule has 0 bridgehead atoms. The monoisotopic (exact) mass is 271 g/mol. The van der Waals surface area contributed by atoms with Crippen molar-refractivity contribution in [2.45, 2.75) is 26.8 Å². The van der Waals surface area contributed by atoms with Gasteiger partial charge < -0.3 is 15.2 Å². The van der Waals surface area contributed by atoms with Gasteiger partial charge in [-0.15, -0.1) is 0 Å². The predicted molar refractivity (Wildman–Crippen MR) is 81.1 cm³/mol. The van der Waals surface area contributed by atoms with Crippen LogP contribution in [0.4, 0.5) is 0 Å². The summed E-state index contributed by atoms with van der Waals surface area (Å²) in [4.78, 5) is 18.0. The summed E-state index contributed by atoms with van der Waals surface area (Å²) < 4.78 is 0. The summed E-state index contributed by atoms with van der Waals surface area (Å²) in [5.41, 5.74) is 4.28. The normalized spacial score (nSPS) is 19.6. The van der Waals surface area contributed by atoms with Crippen molar-refractivity contribution in [2.75, 3.05) is 19.6 Å². The number of piperazine rings is 1. The van der Waals surface area contributed by atoms with Gasteiger partial charge in [-0.1, -0.05) is 0 Å². The zero-order chi connectivity index (χ0) is 14.3. The van der Waals surface area contributed by atoms with Crippen LogP contribution in [0.5, 0.6) is 0 Å². The molecule has 4 nitrogen and oxygen atoms in total. The minimum Gasteiger partial charge on any atom is -0.358 e. The van der Waals surface area contributed by atoms with Gasteiger partial charge in [-0.05, 0) is 44.5 Å². The van der Waals surface area contributed by atoms with Gasteiger partial charge in [0.2, 0.25) is 0 Å². The third-order valence-corrected chi connectivity index (χ3v) is 4.32. The van der Waals surface area contributed by atoms with Crippen LogP contribution in [0, 0.1) is 13.8 Å². The van der Waals surface area contributed by atoms with Crippen LogP contribution in [0.3, 0.4) is 0 Å². The molecule has 1 amide bonds. The second-order valence-corrected chi connectivity index (χ2v) is 5.69. The smallest absolute Gasteiger partial charge is 0.254 e. The summed E-state index contributed by atoms with van der Waals surface area (Å²) in [6, 6.07) is 6.20. The van der Waals surface area contributed by atoms with Crippen molar-refractivity contribution in [3.8, 4) is 0 Å². The van der Waals surface area contributed by atoms with Gasteiger partial charge >= 0.3 is 0 Å². The molecule has 1 atom stereocenters. The Morgan fingerprint density at radius 1 is 1.35 bits per heavy atom. The average Bonchev–Trinajstić information content (AvgIpc) is 2.74. The van der Waals surface area contributed by atoms with E-state index in [1.165, 1.54) is 11.3 Å². The maximum atomic E-state index is 12.7. The highest BCUT2D eigenvalue weighted by molar-refractivity contribution is 5.99. The lowest BCUT2D eigenvalue weighted by Gasteiger charge is -2.34. The third kappa shape index (κ3) is 2.10. The van der Waals surface area contributed by atoms with Crippen molar-refractivity contribution < 1.29 is 4.79 Å². The molecule has 0 spiro atoms. The number of carbonyl (C=O) groups is 1. The Bertz CT molecular complexity index is 659. The highest BCUT2D eigenvalue weighted by Gasteiger charge is 2.24. The molecule has 0 aliphatic carbocycles. The Labute approximate surface area is 119 Å². The average molecular weight is 271 g/mol. The topological polar surface area (TPSA) is 48.1 Å². The van der Waals surface area contributed by atoms with Gasteiger partial charge in [-0.2, -0.15) is 0 Å². The van der Waals surface area contributed by atoms with Crippen molar-refractivity contribution in [3.63, 3.8) is 0 Å². The minimum absolute atomic E-state index is 0.138. The molecule has 1 aromatic carbocycles. The van der Waals surface area contributed by atoms with E-state index in [0.717, 1.165) is 36.1 Å². The minimum atomic E-state index is 0.138. The van der Waals surface area contributed by atoms with E-state index in [4.69, 9.17) is 0 Å². The van der Waals surface area contributed by atoms with E-state index in [1.807, 2.05) is 23.1 Å². The largest absolute Gasteiger partial charge is 0.358 e. The summed E-state index contributed by atoms with van der Waals surface area (Å²) in [7, 11) is 0. The van der Waals surface area contributed by atoms with Gasteiger partial charge in [0, 0.05) is 47.8 Å². The standard InChI is InChI=1S/C16H21N3O/c1-10-9-17-6-7-19(10)16(20)13-4-5-15-14(8-13)11(2)12(3)18-15/h4-5,8,10,17-18H,6-7,9H2,1-3H3/t10-/m0/s1. The second-order valence-electron chi connectivity index (χ2n) is 5.69. The van der Waals surface area contributed by atoms with Gasteiger partial charge in [0.15, 0.2) is 0 Å². The number of benzene rings is 1. The molecule has 1 saturated heterocycles. The fourth-order valence-electron chi connectivity index (χ4n) is 2.90. The molecule has 1 aliphatic rings. The quantitative estimate of drug-likeness (QED) is 0.835. The van der Waals surface area contributed by atoms with Crippen molar-refractivity contribution in [1.29, 1.82) is 0 Å². The van der Waals surface area contributed by atoms with Gasteiger partial charge in [0.25, 0.3) is 5.91 Å². The Balaban J connectivity index is 1.97. The molecule has 1 fully saturated rings. The van der Waals surface area contributed by atoms with Crippen LogP contribution in [0.1, 0.15) is 28.5 Å². The van der Waals surface area contributed by atoms with E-state index in [1.54, 1.807) is 0 Å². The van der Waals surface area contributed by atoms with Crippen molar-refractivity contribution in [2.24, 2.45) is 0 Å². The molecule has 0 radical (unpaired) electrons. The van der Waals surface area contributed by atoms with E-state index < -0.39 is 0 Å². The molecule has 2 heterocycles. The van der Waals surface area contributed by atoms with Crippen LogP contribution in [-0.2, 0) is 0 Å². The van der Waals surface area contributed by atoms with E-state index in [-0.39, 0.29) is 11.9 Å². The zero-order valence-electron chi connectivity index (χ0n) is 12.3. The molecule has 1 aromatic heterocycles. The lowest BCUT2D eigenvalue weighted by molar-refractivity contribution is 0.0656. The third-order valence-electron chi connectivity index (χ3n) is 4.32. The number of carbonyl (C=O) groups excluding carboxylic acids is 1. The van der Waals surface area contributed by atoms with Gasteiger partial charge in [-0.3, -0.25) is 4.79 Å². The lowest BCUT2D eigenvalue weighted by atomic mass is 10.1. The number of aromatic nitrogens is 1. The summed E-state index contributed by atoms with van der Waals surface area (Å²) >= 11 is 0. The van der Waals surface area contributed by atoms with Crippen molar-refractivity contribution >= 4 is 16.8 Å². The molecular formula is C16H21N3O. The number of rotatable bonds is 1. The van der Waals surface area contributed by atoms with Gasteiger partial charge in [0.1, 0.15) is 0 Å². The van der Waals surface area contributed by atoms with E-state index in [9.17, 15) is 4.79 Å². The van der Waals surface area contributed by atoms with E-state index >= 15 is 0 Å². The highest BCUT2D eigenvalue weighted by Crippen LogP contribution is 2.23. The molecule has 4 heteroatoms. The molecule has 2 aromatic rings. The van der Waals surface area contributed by atoms with E-state index in [0.29, 0.717) is 0 Å². The van der Waals surface area contributed by atoms with Crippen molar-refractivity contribution in [3.05, 3.63) is 35.0 Å². The van der Waals surface area contributed by atoms with Crippen LogP contribution in [0.2, 0.25) is 0 Å². The van der Waals surface area contributed by atoms with Gasteiger partial charge in [-0.25, -0.2) is 0 Å². The Morgan fingerprint density at radius 2 is 2.15 bits per heavy atom. The summed E-state index contributed by atoms with van der Waals surface area (Å²) in [6.07, 6.45) is 0. The number of H-pyrrole nitrogens is 1. The SMILES string of the molecule is Cc1[nH]c2ccc(C(=O)N3CCNC[C@@H]3C)cc2c1C. The van der Waals surface area contributed by atoms with E-state index in [2.05, 4.69) is 31.1 Å². The maximum absolute atomic E-state index is 12.7. The molecule has 20 heavy (non-hydrogen) atoms. The number of amides is 1. The second kappa shape index (κ2) is 4.94. The molecule has 0 saturated carbocycles. The number of hydrogen-bond acceptors (Lipinski definition) is 2. The lowest BCUT2D eigenvalue weighted by Crippen LogP contribution is -2.52. The first-order valence-corrected chi connectivity index (χ1v) is 7.18. The number of aromatic amines is 1. The molecule has 2 N–H and O–H groups in total. The highest BCUT2D eigenvalue weighted by atomic mass is 16.2. The molecule has 106 valence electrons. The summed E-state index contributed by atoms with van der Waals surface area (Å²) in [5.74, 6) is 0.138. The first-order valence-electron chi connectivity index (χ1n) is 7.18. The molecule has 1 aliphatic heterocycles. The van der Waals surface area contributed by atoms with Crippen molar-refractivity contribution in [1.82, 2.24) is 15.2 Å². The Morgan fingerprint density at radius 3 is 2.90 bits per heavy atom. The molecule has 0 unspecified atom stereocenters. The molecular weight excluding hydrogens is 250 g/mol. The maximum Gasteiger partial charge on any atom is 0.254 e. The fourth-order valence-corrected chi connectivity index (χ4v) is 2.90. The fraction of sp³-hybridized carbons (Fsp3) is 0.438. The first kappa shape index (κ1) is 13.2. The number of nitrogens with one attached hydrogen (secondary N) is 2. The number of nitrogens with zero attached hydrogens (tertiary/aromatic N) is 1. The summed E-state index contributed by atoms with van der Waals surface area (Å²) in [5, 5.41) is 4.46. The summed E-state index contributed by atoms with van der Waals surface area (Å²) in [6.45, 7) is 8.78. The van der Waals surface area contributed by atoms with Crippen LogP contribution in [-0.4, -0.2) is 41.5 Å². The predicted octanol–water partition coefficient (Wildman–Crippen LogP) is 2.22. The Kier molecular flexibility index (Phi) is 3.26. The van der Waals surface area contributed by atoms with Crippen LogP contribution < -0.4 is 5.32 Å². The number of hydrogen-bond donors (Lipinski definition) is 2. The zero-order valence-corrected chi connectivity index (χ0v) is 12.3. The molecule has 3 rings (SSSR count).